The third kappa shape index (κ3) is 1.73. The molecule has 0 aromatic heterocycles. The van der Waals surface area contributed by atoms with Gasteiger partial charge in [0.05, 0.1) is 5.92 Å². The van der Waals surface area contributed by atoms with Crippen molar-refractivity contribution in [2.45, 2.75) is 13.3 Å². The lowest BCUT2D eigenvalue weighted by atomic mass is 10.1. The zero-order valence-corrected chi connectivity index (χ0v) is 4.72. The van der Waals surface area contributed by atoms with Crippen molar-refractivity contribution in [2.75, 3.05) is 0 Å². The van der Waals surface area contributed by atoms with Gasteiger partial charge in [-0.15, -0.1) is 0 Å². The summed E-state index contributed by atoms with van der Waals surface area (Å²) >= 11 is 0. The summed E-state index contributed by atoms with van der Waals surface area (Å²) < 4.78 is 0. The average molecular weight is 115 g/mol. The minimum Gasteiger partial charge on any atom is -0.481 e. The van der Waals surface area contributed by atoms with Crippen LogP contribution in [0.25, 0.3) is 0 Å². The molecule has 0 unspecified atom stereocenters. The molecule has 0 aliphatic heterocycles. The minimum absolute atomic E-state index is 0.499. The summed E-state index contributed by atoms with van der Waals surface area (Å²) in [5.74, 6) is -1.50. The van der Waals surface area contributed by atoms with E-state index >= 15 is 0 Å². The highest BCUT2D eigenvalue weighted by Crippen LogP contribution is 1.96. The Balaban J connectivity index is 3.69. The van der Waals surface area contributed by atoms with Gasteiger partial charge in [-0.3, -0.25) is 4.79 Å². The van der Waals surface area contributed by atoms with E-state index in [1.165, 1.54) is 0 Å². The summed E-state index contributed by atoms with van der Waals surface area (Å²) in [5.41, 5.74) is 0. The highest BCUT2D eigenvalue weighted by atomic mass is 16.4. The zero-order chi connectivity index (χ0) is 6.57. The Labute approximate surface area is 47.8 Å². The molecule has 1 atom stereocenters. The predicted molar refractivity (Wildman–Crippen MR) is 30.2 cm³/mol. The summed E-state index contributed by atoms with van der Waals surface area (Å²) in [6.45, 7) is 1.74. The summed E-state index contributed by atoms with van der Waals surface area (Å²) in [5, 5.41) is 14.8. The minimum atomic E-state index is -0.914. The second-order valence-corrected chi connectivity index (χ2v) is 1.52. The van der Waals surface area contributed by atoms with Gasteiger partial charge in [0.2, 0.25) is 0 Å². The number of carbonyl (C=O) groups is 1. The van der Waals surface area contributed by atoms with E-state index in [9.17, 15) is 4.79 Å². The van der Waals surface area contributed by atoms with E-state index in [1.54, 1.807) is 6.92 Å². The molecule has 0 spiro atoms. The van der Waals surface area contributed by atoms with Crippen LogP contribution in [0, 0.1) is 11.3 Å². The monoisotopic (exact) mass is 115 g/mol. The van der Waals surface area contributed by atoms with Crippen LogP contribution >= 0.6 is 0 Å². The maximum absolute atomic E-state index is 10.0. The maximum atomic E-state index is 10.0. The highest BCUT2D eigenvalue weighted by molar-refractivity contribution is 5.87. The number of carboxylic acids is 1. The number of hydrogen-bond donors (Lipinski definition) is 2. The Morgan fingerprint density at radius 3 is 2.50 bits per heavy atom. The molecular formula is C5H9NO2. The summed E-state index contributed by atoms with van der Waals surface area (Å²) in [7, 11) is 0. The van der Waals surface area contributed by atoms with Crippen LogP contribution in [0.15, 0.2) is 0 Å². The Bertz CT molecular complexity index is 101. The van der Waals surface area contributed by atoms with Crippen molar-refractivity contribution in [1.82, 2.24) is 0 Å². The van der Waals surface area contributed by atoms with E-state index in [2.05, 4.69) is 0 Å². The average Bonchev–Trinajstić information content (AvgIpc) is 1.69. The topological polar surface area (TPSA) is 61.2 Å². The van der Waals surface area contributed by atoms with Crippen molar-refractivity contribution in [2.24, 2.45) is 5.92 Å². The number of aliphatic carboxylic acids is 1. The molecule has 3 heteroatoms. The van der Waals surface area contributed by atoms with Crippen molar-refractivity contribution >= 4 is 12.2 Å². The van der Waals surface area contributed by atoms with Crippen molar-refractivity contribution in [3.8, 4) is 0 Å². The highest BCUT2D eigenvalue weighted by Gasteiger charge is 2.09. The van der Waals surface area contributed by atoms with Crippen molar-refractivity contribution in [1.29, 1.82) is 5.41 Å². The molecule has 0 fully saturated rings. The molecule has 46 valence electrons. The lowest BCUT2D eigenvalue weighted by molar-refractivity contribution is -0.139. The van der Waals surface area contributed by atoms with Crippen molar-refractivity contribution < 1.29 is 9.90 Å². The lowest BCUT2D eigenvalue weighted by Crippen LogP contribution is -2.12. The fourth-order valence-corrected chi connectivity index (χ4v) is 0.364. The van der Waals surface area contributed by atoms with Gasteiger partial charge in [-0.25, -0.2) is 0 Å². The number of nitrogens with one attached hydrogen (secondary N) is 1. The van der Waals surface area contributed by atoms with Crippen LogP contribution in [-0.4, -0.2) is 17.3 Å². The van der Waals surface area contributed by atoms with Crippen molar-refractivity contribution in [3.63, 3.8) is 0 Å². The molecule has 0 heterocycles. The second kappa shape index (κ2) is 3.18. The first-order valence-corrected chi connectivity index (χ1v) is 2.45. The molecule has 0 amide bonds. The Morgan fingerprint density at radius 1 is 2.00 bits per heavy atom. The standard InChI is InChI=1S/C5H9NO2/c1-2-4(3-6)5(7)8/h3-4,6H,2H2,1H3,(H,7,8)/t4-/m1/s1. The van der Waals surface area contributed by atoms with Gasteiger partial charge in [0, 0.05) is 6.21 Å². The van der Waals surface area contributed by atoms with Gasteiger partial charge in [0.15, 0.2) is 0 Å². The maximum Gasteiger partial charge on any atom is 0.311 e. The van der Waals surface area contributed by atoms with Crippen LogP contribution in [0.3, 0.4) is 0 Å². The molecular weight excluding hydrogens is 106 g/mol. The molecule has 0 saturated heterocycles. The first-order chi connectivity index (χ1) is 3.72. The van der Waals surface area contributed by atoms with Crippen LogP contribution in [0.2, 0.25) is 0 Å². The predicted octanol–water partition coefficient (Wildman–Crippen LogP) is 0.747. The molecule has 2 N–H and O–H groups in total. The number of rotatable bonds is 3. The Kier molecular flexibility index (Phi) is 2.84. The van der Waals surface area contributed by atoms with Crippen LogP contribution < -0.4 is 0 Å². The van der Waals surface area contributed by atoms with Gasteiger partial charge in [-0.2, -0.15) is 0 Å². The van der Waals surface area contributed by atoms with Gasteiger partial charge < -0.3 is 10.5 Å². The SMILES string of the molecule is CC[C@H](C=N)C(=O)O. The molecule has 0 bridgehead atoms. The van der Waals surface area contributed by atoms with E-state index in [0.29, 0.717) is 6.42 Å². The van der Waals surface area contributed by atoms with E-state index in [4.69, 9.17) is 10.5 Å². The third-order valence-corrected chi connectivity index (χ3v) is 0.958. The molecule has 0 aromatic carbocycles. The molecule has 0 rings (SSSR count). The fraction of sp³-hybridized carbons (Fsp3) is 0.600. The number of hydrogen-bond acceptors (Lipinski definition) is 2. The van der Waals surface area contributed by atoms with Gasteiger partial charge in [-0.05, 0) is 6.42 Å². The molecule has 0 aliphatic rings. The Hall–Kier alpha value is -0.860. The van der Waals surface area contributed by atoms with E-state index in [0.717, 1.165) is 6.21 Å². The lowest BCUT2D eigenvalue weighted by Gasteiger charge is -1.97. The van der Waals surface area contributed by atoms with Gasteiger partial charge in [0.25, 0.3) is 0 Å². The van der Waals surface area contributed by atoms with E-state index < -0.39 is 11.9 Å². The molecule has 0 radical (unpaired) electrons. The van der Waals surface area contributed by atoms with Crippen LogP contribution in [0.4, 0.5) is 0 Å². The van der Waals surface area contributed by atoms with E-state index in [-0.39, 0.29) is 0 Å². The normalized spacial score (nSPS) is 12.6. The summed E-state index contributed by atoms with van der Waals surface area (Å²) in [6.07, 6.45) is 1.45. The fourth-order valence-electron chi connectivity index (χ4n) is 0.364. The van der Waals surface area contributed by atoms with Gasteiger partial charge in [-0.1, -0.05) is 6.92 Å². The molecule has 0 saturated carbocycles. The first kappa shape index (κ1) is 7.14. The summed E-state index contributed by atoms with van der Waals surface area (Å²) in [6, 6.07) is 0. The smallest absolute Gasteiger partial charge is 0.311 e. The first-order valence-electron chi connectivity index (χ1n) is 2.45. The Morgan fingerprint density at radius 2 is 2.50 bits per heavy atom. The second-order valence-electron chi connectivity index (χ2n) is 1.52. The van der Waals surface area contributed by atoms with Crippen LogP contribution in [0.5, 0.6) is 0 Å². The van der Waals surface area contributed by atoms with Gasteiger partial charge >= 0.3 is 5.97 Å². The zero-order valence-electron chi connectivity index (χ0n) is 4.72. The van der Waals surface area contributed by atoms with Crippen LogP contribution in [0.1, 0.15) is 13.3 Å². The number of carboxylic acid groups (broad SMARTS) is 1. The molecule has 8 heavy (non-hydrogen) atoms. The largest absolute Gasteiger partial charge is 0.481 e. The van der Waals surface area contributed by atoms with Crippen molar-refractivity contribution in [3.05, 3.63) is 0 Å². The van der Waals surface area contributed by atoms with E-state index in [1.807, 2.05) is 0 Å². The molecule has 3 nitrogen and oxygen atoms in total. The quantitative estimate of drug-likeness (QED) is 0.533. The van der Waals surface area contributed by atoms with Crippen LogP contribution in [-0.2, 0) is 4.79 Å². The molecule has 0 aromatic rings. The third-order valence-electron chi connectivity index (χ3n) is 0.958. The summed E-state index contributed by atoms with van der Waals surface area (Å²) in [4.78, 5) is 10.0. The van der Waals surface area contributed by atoms with Gasteiger partial charge in [0.1, 0.15) is 0 Å². The molecule has 0 aliphatic carbocycles.